The molecule has 0 bridgehead atoms. The number of nitrogens with one attached hydrogen (secondary N) is 2. The lowest BCUT2D eigenvalue weighted by Gasteiger charge is -2.28. The molecule has 0 saturated heterocycles. The van der Waals surface area contributed by atoms with Crippen LogP contribution >= 0.6 is 0 Å². The van der Waals surface area contributed by atoms with Gasteiger partial charge in [-0.2, -0.15) is 8.78 Å². The molecule has 1 heterocycles. The predicted octanol–water partition coefficient (Wildman–Crippen LogP) is 5.49. The van der Waals surface area contributed by atoms with Gasteiger partial charge in [-0.05, 0) is 96.8 Å². The van der Waals surface area contributed by atoms with E-state index in [0.29, 0.717) is 47.6 Å². The second-order valence-corrected chi connectivity index (χ2v) is 14.1. The van der Waals surface area contributed by atoms with Gasteiger partial charge in [-0.3, -0.25) is 9.59 Å². The lowest BCUT2D eigenvalue weighted by molar-refractivity contribution is -0.131. The molecule has 1 aromatic heterocycles. The van der Waals surface area contributed by atoms with Gasteiger partial charge in [0.2, 0.25) is 12.3 Å². The number of methoxy groups -OCH3 is 1. The normalized spacial score (nSPS) is 14.1. The van der Waals surface area contributed by atoms with Crippen LogP contribution in [-0.2, 0) is 36.6 Å². The van der Waals surface area contributed by atoms with E-state index in [4.69, 9.17) is 10.5 Å². The fraction of sp³-hybridized carbons (Fsp3) is 0.324. The molecule has 1 saturated carbocycles. The van der Waals surface area contributed by atoms with E-state index in [2.05, 4.69) is 15.6 Å². The number of pyridine rings is 1. The topological polar surface area (TPSA) is 144 Å². The Balaban J connectivity index is 1.56. The lowest BCUT2D eigenvalue weighted by atomic mass is 9.91. The van der Waals surface area contributed by atoms with Crippen LogP contribution in [0, 0.1) is 13.8 Å². The maximum Gasteiger partial charge on any atom is 0.296 e. The van der Waals surface area contributed by atoms with Crippen molar-refractivity contribution in [3.63, 3.8) is 0 Å². The largest absolute Gasteiger partial charge is 0.383 e. The first kappa shape index (κ1) is 33.7. The van der Waals surface area contributed by atoms with Crippen molar-refractivity contribution in [2.24, 2.45) is 0 Å². The second kappa shape index (κ2) is 13.2. The molecule has 2 amide bonds. The quantitative estimate of drug-likeness (QED) is 0.159. The van der Waals surface area contributed by atoms with Crippen molar-refractivity contribution in [3.05, 3.63) is 88.6 Å². The highest BCUT2D eigenvalue weighted by Crippen LogP contribution is 2.38. The molecule has 0 unspecified atom stereocenters. The zero-order chi connectivity index (χ0) is 34.1. The van der Waals surface area contributed by atoms with Gasteiger partial charge in [-0.15, -0.1) is 0 Å². The molecule has 4 aromatic rings. The van der Waals surface area contributed by atoms with Gasteiger partial charge in [0, 0.05) is 49.2 Å². The van der Waals surface area contributed by atoms with Gasteiger partial charge in [0.05, 0.1) is 10.1 Å². The number of carbonyl (C=O) groups excluding carboxylic acids is 2. The number of rotatable bonds is 13. The molecule has 13 heteroatoms. The van der Waals surface area contributed by atoms with Crippen LogP contribution in [0.2, 0.25) is 0 Å². The number of aromatic nitrogens is 1. The SMILES string of the molecule is COCC(F)(F)c1c(C)cc([C@@H](Nc2ccc3c(N)nccc3c2)C(=O)N(C)Cc2cc(NC=O)ccc2S(=O)(=O)C2CC2)cc1C. The van der Waals surface area contributed by atoms with E-state index < -0.39 is 39.6 Å². The number of anilines is 3. The first-order valence-corrected chi connectivity index (χ1v) is 16.5. The Labute approximate surface area is 272 Å². The van der Waals surface area contributed by atoms with Crippen molar-refractivity contribution in [2.75, 3.05) is 37.1 Å². The number of likely N-dealkylation sites (N-methyl/N-ethyl adjacent to an activating group) is 1. The molecular weight excluding hydrogens is 628 g/mol. The Kier molecular flexibility index (Phi) is 9.51. The van der Waals surface area contributed by atoms with E-state index in [-0.39, 0.29) is 28.1 Å². The summed E-state index contributed by atoms with van der Waals surface area (Å²) in [5.74, 6) is -3.34. The number of aryl methyl sites for hydroxylation is 2. The minimum Gasteiger partial charge on any atom is -0.383 e. The summed E-state index contributed by atoms with van der Waals surface area (Å²) in [6.45, 7) is 2.23. The number of nitrogens with zero attached hydrogens (tertiary/aromatic N) is 2. The van der Waals surface area contributed by atoms with Crippen molar-refractivity contribution in [1.82, 2.24) is 9.88 Å². The van der Waals surface area contributed by atoms with Gasteiger partial charge in [-0.1, -0.05) is 12.1 Å². The average Bonchev–Trinajstić information content (AvgIpc) is 3.86. The Morgan fingerprint density at radius 3 is 2.43 bits per heavy atom. The van der Waals surface area contributed by atoms with Crippen molar-refractivity contribution in [1.29, 1.82) is 0 Å². The Bertz CT molecular complexity index is 1930. The molecule has 47 heavy (non-hydrogen) atoms. The second-order valence-electron chi connectivity index (χ2n) is 11.9. The number of alkyl halides is 2. The number of carbonyl (C=O) groups is 2. The summed E-state index contributed by atoms with van der Waals surface area (Å²) < 4.78 is 61.5. The summed E-state index contributed by atoms with van der Waals surface area (Å²) in [6, 6.07) is 13.7. The van der Waals surface area contributed by atoms with Gasteiger partial charge in [0.25, 0.3) is 5.92 Å². The van der Waals surface area contributed by atoms with Crippen LogP contribution in [-0.4, -0.2) is 56.6 Å². The molecule has 1 fully saturated rings. The number of nitrogens with two attached hydrogens (primary N) is 1. The molecule has 0 aliphatic heterocycles. The van der Waals surface area contributed by atoms with Crippen molar-refractivity contribution in [2.45, 2.75) is 55.3 Å². The highest BCUT2D eigenvalue weighted by molar-refractivity contribution is 7.92. The summed E-state index contributed by atoms with van der Waals surface area (Å²) in [4.78, 5) is 31.1. The number of hydrogen-bond acceptors (Lipinski definition) is 8. The number of amides is 2. The molecule has 10 nitrogen and oxygen atoms in total. The van der Waals surface area contributed by atoms with Gasteiger partial charge in [0.15, 0.2) is 9.84 Å². The molecular formula is C34H37F2N5O5S. The van der Waals surface area contributed by atoms with Crippen LogP contribution in [0.25, 0.3) is 10.8 Å². The van der Waals surface area contributed by atoms with Gasteiger partial charge in [0.1, 0.15) is 18.5 Å². The van der Waals surface area contributed by atoms with E-state index in [1.807, 2.05) is 6.07 Å². The molecule has 248 valence electrons. The molecule has 0 radical (unpaired) electrons. The zero-order valence-electron chi connectivity index (χ0n) is 26.5. The minimum atomic E-state index is -3.65. The Morgan fingerprint density at radius 1 is 1.11 bits per heavy atom. The molecule has 4 N–H and O–H groups in total. The van der Waals surface area contributed by atoms with Crippen molar-refractivity contribution in [3.8, 4) is 0 Å². The average molecular weight is 666 g/mol. The first-order chi connectivity index (χ1) is 22.3. The van der Waals surface area contributed by atoms with E-state index in [1.165, 1.54) is 31.2 Å². The summed E-state index contributed by atoms with van der Waals surface area (Å²) >= 11 is 0. The third kappa shape index (κ3) is 7.05. The van der Waals surface area contributed by atoms with E-state index in [0.717, 1.165) is 10.8 Å². The lowest BCUT2D eigenvalue weighted by Crippen LogP contribution is -2.35. The number of hydrogen-bond donors (Lipinski definition) is 3. The molecule has 0 spiro atoms. The van der Waals surface area contributed by atoms with Crippen LogP contribution in [0.5, 0.6) is 0 Å². The summed E-state index contributed by atoms with van der Waals surface area (Å²) in [5.41, 5.74) is 8.14. The number of fused-ring (bicyclic) bond motifs is 1. The number of nitrogen functional groups attached to an aromatic ring is 1. The maximum absolute atomic E-state index is 15.0. The van der Waals surface area contributed by atoms with Gasteiger partial charge in [-0.25, -0.2) is 13.4 Å². The third-order valence-corrected chi connectivity index (χ3v) is 10.6. The number of sulfone groups is 1. The van der Waals surface area contributed by atoms with Crippen molar-refractivity contribution >= 4 is 50.1 Å². The highest BCUT2D eigenvalue weighted by Gasteiger charge is 2.39. The number of halogens is 2. The summed E-state index contributed by atoms with van der Waals surface area (Å²) in [5, 5.41) is 6.83. The maximum atomic E-state index is 15.0. The summed E-state index contributed by atoms with van der Waals surface area (Å²) in [6.07, 6.45) is 3.18. The number of ether oxygens (including phenoxy) is 1. The van der Waals surface area contributed by atoms with Crippen molar-refractivity contribution < 1.29 is 31.5 Å². The van der Waals surface area contributed by atoms with E-state index in [9.17, 15) is 18.0 Å². The van der Waals surface area contributed by atoms with E-state index >= 15 is 8.78 Å². The summed E-state index contributed by atoms with van der Waals surface area (Å²) in [7, 11) is -0.897. The smallest absolute Gasteiger partial charge is 0.296 e. The number of benzene rings is 3. The first-order valence-electron chi connectivity index (χ1n) is 15.0. The fourth-order valence-corrected chi connectivity index (χ4v) is 7.85. The predicted molar refractivity (Wildman–Crippen MR) is 177 cm³/mol. The molecule has 5 rings (SSSR count). The van der Waals surface area contributed by atoms with Crippen LogP contribution in [0.3, 0.4) is 0 Å². The minimum absolute atomic E-state index is 0.0951. The third-order valence-electron chi connectivity index (χ3n) is 8.27. The van der Waals surface area contributed by atoms with Gasteiger partial charge < -0.3 is 26.0 Å². The van der Waals surface area contributed by atoms with Crippen LogP contribution < -0.4 is 16.4 Å². The Morgan fingerprint density at radius 2 is 1.79 bits per heavy atom. The molecule has 1 atom stereocenters. The molecule has 1 aliphatic carbocycles. The fourth-order valence-electron chi connectivity index (χ4n) is 5.99. The van der Waals surface area contributed by atoms with Crippen LogP contribution in [0.4, 0.5) is 26.0 Å². The molecule has 1 aliphatic rings. The van der Waals surface area contributed by atoms with E-state index in [1.54, 1.807) is 56.4 Å². The highest BCUT2D eigenvalue weighted by atomic mass is 32.2. The zero-order valence-corrected chi connectivity index (χ0v) is 27.3. The monoisotopic (exact) mass is 665 g/mol. The standard InChI is InChI=1S/C34H37F2N5O5S/c1-20-13-23(14-21(2)30(20)34(35,36)18-46-4)31(40-26-5-9-28-22(15-26)11-12-38-32(28)37)33(43)41(3)17-24-16-25(39-19-42)6-10-29(24)47(44,45)27-7-8-27/h5-6,9-16,19,27,31,40H,7-8,17-18H2,1-4H3,(H2,37,38)(H,39,42)/t31-/m1/s1. The van der Waals surface area contributed by atoms with Crippen LogP contribution in [0.1, 0.15) is 46.7 Å². The Hall–Kier alpha value is -4.62. The molecule has 3 aromatic carbocycles. The van der Waals surface area contributed by atoms with Gasteiger partial charge >= 0.3 is 0 Å². The van der Waals surface area contributed by atoms with Crippen LogP contribution in [0.15, 0.2) is 65.7 Å².